The number of aromatic nitrogens is 1. The minimum absolute atomic E-state index is 0.0188. The molecule has 3 heterocycles. The molecule has 2 aliphatic rings. The van der Waals surface area contributed by atoms with Crippen LogP contribution in [0.4, 0.5) is 0 Å². The first-order valence-corrected chi connectivity index (χ1v) is 20.3. The van der Waals surface area contributed by atoms with E-state index in [0.29, 0.717) is 46.2 Å². The summed E-state index contributed by atoms with van der Waals surface area (Å²) in [6.45, 7) is 8.06. The van der Waals surface area contributed by atoms with Gasteiger partial charge in [0.05, 0.1) is 28.6 Å². The highest BCUT2D eigenvalue weighted by molar-refractivity contribution is 6.32. The number of likely N-dealkylation sites (tertiary alicyclic amines) is 1. The van der Waals surface area contributed by atoms with Crippen LogP contribution in [0, 0.1) is 25.2 Å². The van der Waals surface area contributed by atoms with Crippen molar-refractivity contribution in [3.8, 4) is 45.6 Å². The zero-order valence-corrected chi connectivity index (χ0v) is 34.4. The molecule has 2 fully saturated rings. The third-order valence-corrected chi connectivity index (χ3v) is 11.4. The van der Waals surface area contributed by atoms with Crippen molar-refractivity contribution in [3.05, 3.63) is 130 Å². The molecule has 310 valence electrons. The third kappa shape index (κ3) is 10.2. The highest BCUT2D eigenvalue weighted by atomic mass is 35.5. The van der Waals surface area contributed by atoms with Crippen molar-refractivity contribution in [2.24, 2.45) is 0 Å². The minimum Gasteiger partial charge on any atom is -0.492 e. The number of hydrogen-bond acceptors (Lipinski definition) is 10. The summed E-state index contributed by atoms with van der Waals surface area (Å²) < 4.78 is 18.6. The Kier molecular flexibility index (Phi) is 13.3. The summed E-state index contributed by atoms with van der Waals surface area (Å²) in [7, 11) is 0. The molecule has 1 spiro atoms. The Hall–Kier alpha value is -5.97. The number of aliphatic carboxylic acids is 1. The zero-order valence-electron chi connectivity index (χ0n) is 33.7. The molecule has 0 saturated carbocycles. The van der Waals surface area contributed by atoms with Gasteiger partial charge in [0, 0.05) is 68.7 Å². The smallest absolute Gasteiger partial charge is 0.306 e. The molecule has 1 atom stereocenters. The minimum atomic E-state index is -1.09. The molecule has 12 nitrogen and oxygen atoms in total. The Labute approximate surface area is 354 Å². The van der Waals surface area contributed by atoms with Crippen molar-refractivity contribution in [2.75, 3.05) is 32.8 Å². The van der Waals surface area contributed by atoms with E-state index in [0.717, 1.165) is 70.7 Å². The lowest BCUT2D eigenvalue weighted by Gasteiger charge is -2.47. The fourth-order valence-electron chi connectivity index (χ4n) is 7.92. The maximum atomic E-state index is 11.6. The lowest BCUT2D eigenvalue weighted by molar-refractivity contribution is -0.139. The third-order valence-electron chi connectivity index (χ3n) is 11.1. The highest BCUT2D eigenvalue weighted by Crippen LogP contribution is 2.37. The quantitative estimate of drug-likeness (QED) is 0.0720. The van der Waals surface area contributed by atoms with Crippen LogP contribution in [0.2, 0.25) is 5.02 Å². The SMILES string of the molecule is Cc1c(COc2cc(OCc3cncc(C#N)c3)c(CNC[C@@H](O)CC(=O)O)cc2Cl)cccc1-c1cccc(-c2ccc(OCCN3CC4(CCC(=O)N4)C3)cc2)c1C. The number of amides is 1. The molecule has 4 N–H and O–H groups in total. The molecular formula is C47H48ClN5O7. The van der Waals surface area contributed by atoms with Crippen LogP contribution in [-0.4, -0.2) is 76.4 Å². The standard InChI is InChI=1S/C47H48ClN5O7/c1-30-35(27-60-44-20-43(59-26-33-17-32(21-49)22-50-23-33)36(18-42(44)48)24-51-25-37(54)19-46(56)57)5-3-7-40(30)41-8-4-6-39(31(41)2)34-9-11-38(12-10-34)58-16-15-53-28-47(29-53)14-13-45(55)52-47/h3-12,17-18,20,22-23,37,51,54H,13-16,19,24-29H2,1-2H3,(H,52,55)(H,56,57)/t37-/m0/s1. The van der Waals surface area contributed by atoms with Gasteiger partial charge in [0.1, 0.15) is 43.1 Å². The van der Waals surface area contributed by atoms with Crippen molar-refractivity contribution >= 4 is 23.5 Å². The maximum absolute atomic E-state index is 11.6. The van der Waals surface area contributed by atoms with Gasteiger partial charge in [-0.25, -0.2) is 0 Å². The number of carboxylic acid groups (broad SMARTS) is 1. The van der Waals surface area contributed by atoms with Crippen LogP contribution in [0.3, 0.4) is 0 Å². The van der Waals surface area contributed by atoms with E-state index in [2.05, 4.69) is 76.8 Å². The van der Waals surface area contributed by atoms with Crippen LogP contribution in [0.15, 0.2) is 91.3 Å². The van der Waals surface area contributed by atoms with Gasteiger partial charge < -0.3 is 35.1 Å². The number of carbonyl (C=O) groups excluding carboxylic acids is 1. The van der Waals surface area contributed by atoms with E-state index >= 15 is 0 Å². The normalized spacial score (nSPS) is 14.9. The van der Waals surface area contributed by atoms with Gasteiger partial charge in [-0.1, -0.05) is 60.1 Å². The van der Waals surface area contributed by atoms with Gasteiger partial charge in [0.15, 0.2) is 0 Å². The van der Waals surface area contributed by atoms with Crippen molar-refractivity contribution < 1.29 is 34.0 Å². The summed E-state index contributed by atoms with van der Waals surface area (Å²) in [6.07, 6.45) is 3.20. The largest absolute Gasteiger partial charge is 0.492 e. The van der Waals surface area contributed by atoms with Crippen molar-refractivity contribution in [3.63, 3.8) is 0 Å². The van der Waals surface area contributed by atoms with Crippen molar-refractivity contribution in [1.29, 1.82) is 5.26 Å². The molecule has 4 aromatic carbocycles. The topological polar surface area (TPSA) is 166 Å². The summed E-state index contributed by atoms with van der Waals surface area (Å²) in [6, 6.07) is 28.0. The lowest BCUT2D eigenvalue weighted by atomic mass is 9.88. The van der Waals surface area contributed by atoms with E-state index in [4.69, 9.17) is 30.9 Å². The number of carbonyl (C=O) groups is 2. The second-order valence-electron chi connectivity index (χ2n) is 15.5. The Balaban J connectivity index is 1.02. The number of benzene rings is 4. The Morgan fingerprint density at radius 1 is 0.950 bits per heavy atom. The number of aliphatic hydroxyl groups excluding tert-OH is 1. The van der Waals surface area contributed by atoms with Gasteiger partial charge in [-0.05, 0) is 83.5 Å². The van der Waals surface area contributed by atoms with Gasteiger partial charge in [0.25, 0.3) is 0 Å². The fraction of sp³-hybridized carbons (Fsp3) is 0.319. The lowest BCUT2D eigenvalue weighted by Crippen LogP contribution is -2.67. The number of aliphatic hydroxyl groups is 1. The summed E-state index contributed by atoms with van der Waals surface area (Å²) >= 11 is 6.78. The summed E-state index contributed by atoms with van der Waals surface area (Å²) in [5.74, 6) is 0.770. The number of hydrogen-bond donors (Lipinski definition) is 4. The van der Waals surface area contributed by atoms with Gasteiger partial charge in [-0.15, -0.1) is 0 Å². The van der Waals surface area contributed by atoms with Crippen LogP contribution < -0.4 is 24.8 Å². The fourth-order valence-corrected chi connectivity index (χ4v) is 8.16. The molecule has 1 aromatic heterocycles. The number of nitriles is 1. The van der Waals surface area contributed by atoms with E-state index in [-0.39, 0.29) is 44.2 Å². The maximum Gasteiger partial charge on any atom is 0.306 e. The first-order chi connectivity index (χ1) is 29.0. The number of rotatable bonds is 18. The molecule has 5 aromatic rings. The molecule has 13 heteroatoms. The van der Waals surface area contributed by atoms with Crippen LogP contribution in [0.25, 0.3) is 22.3 Å². The first-order valence-electron chi connectivity index (χ1n) is 20.0. The Morgan fingerprint density at radius 2 is 1.68 bits per heavy atom. The number of nitrogens with one attached hydrogen (secondary N) is 2. The Morgan fingerprint density at radius 3 is 2.42 bits per heavy atom. The predicted octanol–water partition coefficient (Wildman–Crippen LogP) is 6.98. The van der Waals surface area contributed by atoms with E-state index in [1.165, 1.54) is 6.20 Å². The van der Waals surface area contributed by atoms with Crippen LogP contribution in [0.5, 0.6) is 17.2 Å². The van der Waals surface area contributed by atoms with Gasteiger partial charge in [0.2, 0.25) is 5.91 Å². The van der Waals surface area contributed by atoms with Crippen LogP contribution in [0.1, 0.15) is 52.6 Å². The summed E-state index contributed by atoms with van der Waals surface area (Å²) in [4.78, 5) is 29.1. The second-order valence-corrected chi connectivity index (χ2v) is 15.9. The Bertz CT molecular complexity index is 2390. The van der Waals surface area contributed by atoms with Crippen LogP contribution in [-0.2, 0) is 29.3 Å². The molecule has 7 rings (SSSR count). The van der Waals surface area contributed by atoms with E-state index < -0.39 is 12.1 Å². The average Bonchev–Trinajstić information content (AvgIpc) is 3.62. The molecule has 0 bridgehead atoms. The van der Waals surface area contributed by atoms with Crippen LogP contribution >= 0.6 is 11.6 Å². The number of nitrogens with zero attached hydrogens (tertiary/aromatic N) is 3. The number of pyridine rings is 1. The van der Waals surface area contributed by atoms with E-state index in [1.807, 2.05) is 24.3 Å². The van der Waals surface area contributed by atoms with E-state index in [9.17, 15) is 20.0 Å². The monoisotopic (exact) mass is 829 g/mol. The van der Waals surface area contributed by atoms with Crippen molar-refractivity contribution in [2.45, 2.75) is 64.5 Å². The number of carboxylic acids is 1. The zero-order chi connectivity index (χ0) is 42.2. The second kappa shape index (κ2) is 19.0. The first kappa shape index (κ1) is 42.2. The van der Waals surface area contributed by atoms with Crippen molar-refractivity contribution in [1.82, 2.24) is 20.5 Å². The summed E-state index contributed by atoms with van der Waals surface area (Å²) in [5.41, 5.74) is 9.41. The van der Waals surface area contributed by atoms with E-state index in [1.54, 1.807) is 24.4 Å². The molecule has 2 aliphatic heterocycles. The number of halogens is 1. The molecule has 0 aliphatic carbocycles. The summed E-state index contributed by atoms with van der Waals surface area (Å²) in [5, 5.41) is 34.9. The molecule has 1 amide bonds. The highest BCUT2D eigenvalue weighted by Gasteiger charge is 2.47. The van der Waals surface area contributed by atoms with Gasteiger partial charge in [-0.2, -0.15) is 5.26 Å². The molecule has 0 unspecified atom stereocenters. The van der Waals surface area contributed by atoms with Gasteiger partial charge in [-0.3, -0.25) is 19.5 Å². The average molecular weight is 830 g/mol. The molecular weight excluding hydrogens is 782 g/mol. The predicted molar refractivity (Wildman–Crippen MR) is 228 cm³/mol. The van der Waals surface area contributed by atoms with Gasteiger partial charge >= 0.3 is 5.97 Å². The number of ether oxygens (including phenoxy) is 3. The molecule has 2 saturated heterocycles. The molecule has 60 heavy (non-hydrogen) atoms. The molecule has 0 radical (unpaired) electrons.